The van der Waals surface area contributed by atoms with Crippen LogP contribution in [0.3, 0.4) is 0 Å². The van der Waals surface area contributed by atoms with Crippen molar-refractivity contribution < 1.29 is 19.1 Å². The van der Waals surface area contributed by atoms with Crippen LogP contribution in [-0.4, -0.2) is 33.6 Å². The first-order valence-corrected chi connectivity index (χ1v) is 16.8. The number of benzene rings is 3. The van der Waals surface area contributed by atoms with E-state index in [-0.39, 0.29) is 11.3 Å². The minimum Gasteiger partial charge on any atom is -0.494 e. The van der Waals surface area contributed by atoms with E-state index in [1.54, 1.807) is 25.3 Å². The highest BCUT2D eigenvalue weighted by Gasteiger charge is 2.41. The van der Waals surface area contributed by atoms with E-state index in [2.05, 4.69) is 38.0 Å². The summed E-state index contributed by atoms with van der Waals surface area (Å²) in [5.41, 5.74) is 1.79. The molecule has 47 heavy (non-hydrogen) atoms. The quantitative estimate of drug-likeness (QED) is 0.117. The molecule has 0 radical (unpaired) electrons. The van der Waals surface area contributed by atoms with Crippen molar-refractivity contribution in [1.29, 1.82) is 0 Å². The number of carbonyl (C=O) groups excluding carboxylic acids is 2. The maximum absolute atomic E-state index is 13.7. The number of imidazole rings is 1. The van der Waals surface area contributed by atoms with Crippen LogP contribution in [0, 0.1) is 0 Å². The molecule has 1 atom stereocenters. The van der Waals surface area contributed by atoms with Gasteiger partial charge in [0.15, 0.2) is 5.54 Å². The highest BCUT2D eigenvalue weighted by atomic mass is 16.6. The van der Waals surface area contributed by atoms with Crippen LogP contribution < -0.4 is 10.1 Å². The Morgan fingerprint density at radius 1 is 0.766 bits per heavy atom. The average molecular weight is 638 g/mol. The molecule has 4 rings (SSSR count). The van der Waals surface area contributed by atoms with Crippen LogP contribution in [0.4, 0.5) is 0 Å². The van der Waals surface area contributed by atoms with Crippen molar-refractivity contribution in [1.82, 2.24) is 14.9 Å². The second kappa shape index (κ2) is 15.0. The molecule has 0 saturated heterocycles. The molecule has 1 aromatic heterocycles. The molecule has 0 aliphatic rings. The van der Waals surface area contributed by atoms with Gasteiger partial charge in [-0.25, -0.2) is 9.78 Å². The first-order chi connectivity index (χ1) is 22.2. The van der Waals surface area contributed by atoms with Crippen molar-refractivity contribution in [2.75, 3.05) is 6.61 Å². The predicted molar refractivity (Wildman–Crippen MR) is 189 cm³/mol. The van der Waals surface area contributed by atoms with Gasteiger partial charge in [-0.1, -0.05) is 89.8 Å². The van der Waals surface area contributed by atoms with Crippen molar-refractivity contribution in [3.63, 3.8) is 0 Å². The third-order valence-corrected chi connectivity index (χ3v) is 8.18. The number of hydrogen-bond acceptors (Lipinski definition) is 5. The molecule has 1 heterocycles. The van der Waals surface area contributed by atoms with Gasteiger partial charge in [0, 0.05) is 29.2 Å². The Kier molecular flexibility index (Phi) is 11.3. The number of ether oxygens (including phenoxy) is 2. The Morgan fingerprint density at radius 3 is 1.98 bits per heavy atom. The third-order valence-electron chi connectivity index (χ3n) is 8.18. The van der Waals surface area contributed by atoms with Crippen LogP contribution in [0.5, 0.6) is 5.75 Å². The maximum atomic E-state index is 13.7. The largest absolute Gasteiger partial charge is 0.494 e. The fraction of sp³-hybridized carbons (Fsp3) is 0.425. The summed E-state index contributed by atoms with van der Waals surface area (Å²) >= 11 is 0. The molecular weight excluding hydrogens is 586 g/mol. The van der Waals surface area contributed by atoms with Gasteiger partial charge in [-0.15, -0.1) is 0 Å². The van der Waals surface area contributed by atoms with Crippen molar-refractivity contribution >= 4 is 11.9 Å². The summed E-state index contributed by atoms with van der Waals surface area (Å²) in [5.74, 6) is 0.705. The summed E-state index contributed by atoms with van der Waals surface area (Å²) in [5, 5.41) is 2.98. The van der Waals surface area contributed by atoms with E-state index < -0.39 is 17.1 Å². The summed E-state index contributed by atoms with van der Waals surface area (Å²) in [4.78, 5) is 31.8. The summed E-state index contributed by atoms with van der Waals surface area (Å²) in [6.45, 7) is 16.4. The second-order valence-electron chi connectivity index (χ2n) is 14.4. The highest BCUT2D eigenvalue weighted by Crippen LogP contribution is 2.30. The topological polar surface area (TPSA) is 82.5 Å². The summed E-state index contributed by atoms with van der Waals surface area (Å²) in [6, 6.07) is 23.0. The Hall–Kier alpha value is -4.39. The zero-order valence-corrected chi connectivity index (χ0v) is 29.4. The molecule has 0 aliphatic heterocycles. The smallest absolute Gasteiger partial charge is 0.336 e. The average Bonchev–Trinajstić information content (AvgIpc) is 3.52. The van der Waals surface area contributed by atoms with Crippen LogP contribution >= 0.6 is 0 Å². The number of amides is 1. The van der Waals surface area contributed by atoms with E-state index in [0.29, 0.717) is 11.1 Å². The minimum atomic E-state index is -1.44. The number of rotatable bonds is 13. The van der Waals surface area contributed by atoms with Crippen molar-refractivity contribution in [2.24, 2.45) is 0 Å². The molecule has 4 aromatic rings. The van der Waals surface area contributed by atoms with Crippen LogP contribution in [-0.2, 0) is 20.5 Å². The highest BCUT2D eigenvalue weighted by molar-refractivity contribution is 5.98. The lowest BCUT2D eigenvalue weighted by atomic mass is 9.86. The third kappa shape index (κ3) is 9.34. The fourth-order valence-electron chi connectivity index (χ4n) is 5.32. The maximum Gasteiger partial charge on any atom is 0.336 e. The van der Waals surface area contributed by atoms with E-state index in [1.165, 1.54) is 25.7 Å². The van der Waals surface area contributed by atoms with Gasteiger partial charge in [0.05, 0.1) is 6.61 Å². The first-order valence-electron chi connectivity index (χ1n) is 16.8. The Labute approximate surface area is 280 Å². The van der Waals surface area contributed by atoms with E-state index in [4.69, 9.17) is 9.47 Å². The number of aromatic nitrogens is 2. The molecule has 0 unspecified atom stereocenters. The number of nitrogens with zero attached hydrogens (tertiary/aromatic N) is 2. The van der Waals surface area contributed by atoms with Crippen molar-refractivity contribution in [2.45, 2.75) is 104 Å². The lowest BCUT2D eigenvalue weighted by molar-refractivity contribution is -0.162. The molecule has 0 saturated carbocycles. The molecule has 7 heteroatoms. The number of esters is 1. The van der Waals surface area contributed by atoms with E-state index in [0.717, 1.165) is 41.4 Å². The molecule has 3 aromatic carbocycles. The Balaban J connectivity index is 1.54. The van der Waals surface area contributed by atoms with Crippen LogP contribution in [0.2, 0.25) is 0 Å². The van der Waals surface area contributed by atoms with E-state index in [9.17, 15) is 9.59 Å². The predicted octanol–water partition coefficient (Wildman–Crippen LogP) is 9.17. The van der Waals surface area contributed by atoms with Gasteiger partial charge < -0.3 is 14.8 Å². The Bertz CT molecular complexity index is 1610. The van der Waals surface area contributed by atoms with Gasteiger partial charge in [-0.05, 0) is 87.1 Å². The summed E-state index contributed by atoms with van der Waals surface area (Å²) in [6.07, 6.45) is 9.70. The molecule has 0 spiro atoms. The first kappa shape index (κ1) is 35.5. The standard InChI is InChI=1S/C40H51N3O4/c1-9-10-11-12-13-28-46-34-24-22-33(23-25-34)43-27-26-41-35(43)29-14-20-32(21-15-29)40(8,37(45)47-39(5,6)7)42-36(44)30-16-18-31(19-17-30)38(2,3)4/h14-27H,9-13,28H2,1-8H3,(H,42,44)/t40-/m0/s1. The molecular formula is C40H51N3O4. The molecule has 0 fully saturated rings. The number of unbranched alkanes of at least 4 members (excludes halogenated alkanes) is 4. The minimum absolute atomic E-state index is 0.0401. The normalized spacial score (nSPS) is 13.1. The van der Waals surface area contributed by atoms with Gasteiger partial charge in [0.1, 0.15) is 17.2 Å². The molecule has 7 nitrogen and oxygen atoms in total. The van der Waals surface area contributed by atoms with Gasteiger partial charge >= 0.3 is 5.97 Å². The zero-order chi connectivity index (χ0) is 34.2. The fourth-order valence-corrected chi connectivity index (χ4v) is 5.32. The van der Waals surface area contributed by atoms with Gasteiger partial charge in [0.2, 0.25) is 0 Å². The van der Waals surface area contributed by atoms with Crippen LogP contribution in [0.25, 0.3) is 17.1 Å². The van der Waals surface area contributed by atoms with Crippen LogP contribution in [0.15, 0.2) is 85.2 Å². The molecule has 1 N–H and O–H groups in total. The second-order valence-corrected chi connectivity index (χ2v) is 14.4. The Morgan fingerprint density at radius 2 is 1.38 bits per heavy atom. The molecule has 0 bridgehead atoms. The summed E-state index contributed by atoms with van der Waals surface area (Å²) < 4.78 is 13.8. The lowest BCUT2D eigenvalue weighted by Crippen LogP contribution is -2.52. The number of nitrogens with one attached hydrogen (secondary N) is 1. The van der Waals surface area contributed by atoms with Gasteiger partial charge in [-0.2, -0.15) is 0 Å². The monoisotopic (exact) mass is 637 g/mol. The SMILES string of the molecule is CCCCCCCOc1ccc(-n2ccnc2-c2ccc([C@](C)(NC(=O)c3ccc(C(C)(C)C)cc3)C(=O)OC(C)(C)C)cc2)cc1. The molecule has 0 aliphatic carbocycles. The number of hydrogen-bond donors (Lipinski definition) is 1. The zero-order valence-electron chi connectivity index (χ0n) is 29.4. The van der Waals surface area contributed by atoms with E-state index >= 15 is 0 Å². The lowest BCUT2D eigenvalue weighted by Gasteiger charge is -2.33. The van der Waals surface area contributed by atoms with Gasteiger partial charge in [0.25, 0.3) is 5.91 Å². The molecule has 250 valence electrons. The van der Waals surface area contributed by atoms with Crippen molar-refractivity contribution in [3.05, 3.63) is 102 Å². The van der Waals surface area contributed by atoms with Crippen LogP contribution in [0.1, 0.15) is 109 Å². The van der Waals surface area contributed by atoms with Gasteiger partial charge in [-0.3, -0.25) is 9.36 Å². The summed E-state index contributed by atoms with van der Waals surface area (Å²) in [7, 11) is 0. The molecule has 1 amide bonds. The van der Waals surface area contributed by atoms with Crippen molar-refractivity contribution in [3.8, 4) is 22.8 Å². The van der Waals surface area contributed by atoms with E-state index in [1.807, 2.05) is 92.2 Å². The number of carbonyl (C=O) groups is 2.